The quantitative estimate of drug-likeness (QED) is 0.415. The molecule has 8 heteroatoms. The molecule has 0 radical (unpaired) electrons. The number of aryl methyl sites for hydroxylation is 1. The van der Waals surface area contributed by atoms with Gasteiger partial charge in [-0.1, -0.05) is 12.1 Å². The maximum absolute atomic E-state index is 13.0. The Morgan fingerprint density at radius 1 is 1.12 bits per heavy atom. The lowest BCUT2D eigenvalue weighted by atomic mass is 10.1. The first kappa shape index (κ1) is 20.9. The molecule has 1 heterocycles. The Morgan fingerprint density at radius 2 is 1.94 bits per heavy atom. The van der Waals surface area contributed by atoms with E-state index >= 15 is 0 Å². The lowest BCUT2D eigenvalue weighted by molar-refractivity contribution is 0.0991. The minimum atomic E-state index is -0.329. The molecule has 32 heavy (non-hydrogen) atoms. The van der Waals surface area contributed by atoms with E-state index in [4.69, 9.17) is 10.5 Å². The highest BCUT2D eigenvalue weighted by molar-refractivity contribution is 6.12. The van der Waals surface area contributed by atoms with Gasteiger partial charge >= 0.3 is 0 Å². The number of carbonyl (C=O) groups is 2. The second kappa shape index (κ2) is 8.43. The number of nitrogens with zero attached hydrogens (tertiary/aromatic N) is 2. The fourth-order valence-corrected chi connectivity index (χ4v) is 3.55. The summed E-state index contributed by atoms with van der Waals surface area (Å²) in [6, 6.07) is 15.7. The van der Waals surface area contributed by atoms with Gasteiger partial charge in [-0.3, -0.25) is 9.59 Å². The Labute approximate surface area is 185 Å². The van der Waals surface area contributed by atoms with Gasteiger partial charge in [-0.25, -0.2) is 4.98 Å². The molecule has 0 bridgehead atoms. The van der Waals surface area contributed by atoms with Gasteiger partial charge in [0.15, 0.2) is 0 Å². The third-order valence-electron chi connectivity index (χ3n) is 5.24. The molecular formula is C24H23N5O3. The first-order chi connectivity index (χ1) is 15.4. The van der Waals surface area contributed by atoms with Crippen LogP contribution in [0.3, 0.4) is 0 Å². The van der Waals surface area contributed by atoms with E-state index in [1.807, 2.05) is 31.2 Å². The van der Waals surface area contributed by atoms with Crippen molar-refractivity contribution in [3.8, 4) is 5.75 Å². The minimum absolute atomic E-state index is 0.252. The fourth-order valence-electron chi connectivity index (χ4n) is 3.55. The molecule has 0 saturated heterocycles. The Balaban J connectivity index is 1.59. The van der Waals surface area contributed by atoms with E-state index in [1.165, 1.54) is 12.0 Å². The largest absolute Gasteiger partial charge is 0.495 e. The van der Waals surface area contributed by atoms with Crippen molar-refractivity contribution in [1.82, 2.24) is 9.97 Å². The van der Waals surface area contributed by atoms with Gasteiger partial charge in [0, 0.05) is 12.6 Å². The normalized spacial score (nSPS) is 10.7. The number of hydrogen-bond donors (Lipinski definition) is 3. The molecule has 0 aliphatic carbocycles. The lowest BCUT2D eigenvalue weighted by Crippen LogP contribution is -2.27. The number of H-pyrrole nitrogens is 1. The van der Waals surface area contributed by atoms with Gasteiger partial charge in [0.25, 0.3) is 11.8 Å². The summed E-state index contributed by atoms with van der Waals surface area (Å²) in [5.41, 5.74) is 10.9. The number of hydrogen-bond acceptors (Lipinski definition) is 5. The van der Waals surface area contributed by atoms with Gasteiger partial charge in [0.2, 0.25) is 0 Å². The fraction of sp³-hybridized carbons (Fsp3) is 0.125. The molecule has 0 spiro atoms. The standard InChI is InChI=1S/C24H23N5O3/c1-14-7-10-20(17(25)11-14)29(2)24(31)15-8-9-18(21(12-15)32-3)28-23(30)16-5-4-6-19-22(16)27-13-26-19/h4-13H,25H2,1-3H3,(H,26,27)(H,28,30). The zero-order chi connectivity index (χ0) is 22.8. The number of fused-ring (bicyclic) bond motifs is 1. The summed E-state index contributed by atoms with van der Waals surface area (Å²) in [6.07, 6.45) is 1.54. The smallest absolute Gasteiger partial charge is 0.258 e. The van der Waals surface area contributed by atoms with Crippen LogP contribution < -0.4 is 20.7 Å². The third-order valence-corrected chi connectivity index (χ3v) is 5.24. The maximum Gasteiger partial charge on any atom is 0.258 e. The molecular weight excluding hydrogens is 406 g/mol. The number of amides is 2. The van der Waals surface area contributed by atoms with E-state index in [2.05, 4.69) is 15.3 Å². The number of carbonyl (C=O) groups excluding carboxylic acids is 2. The van der Waals surface area contributed by atoms with Crippen molar-refractivity contribution < 1.29 is 14.3 Å². The number of aromatic nitrogens is 2. The maximum atomic E-state index is 13.0. The van der Waals surface area contributed by atoms with E-state index in [-0.39, 0.29) is 11.8 Å². The van der Waals surface area contributed by atoms with Gasteiger partial charge < -0.3 is 25.7 Å². The van der Waals surface area contributed by atoms with Crippen LogP contribution in [-0.2, 0) is 0 Å². The highest BCUT2D eigenvalue weighted by Gasteiger charge is 2.19. The molecule has 1 aromatic heterocycles. The van der Waals surface area contributed by atoms with Crippen LogP contribution in [0.1, 0.15) is 26.3 Å². The van der Waals surface area contributed by atoms with Gasteiger partial charge in [-0.05, 0) is 55.0 Å². The number of nitrogens with one attached hydrogen (secondary N) is 2. The molecule has 0 aliphatic rings. The van der Waals surface area contributed by atoms with E-state index in [0.29, 0.717) is 39.5 Å². The number of ether oxygens (including phenoxy) is 1. The highest BCUT2D eigenvalue weighted by Crippen LogP contribution is 2.29. The first-order valence-corrected chi connectivity index (χ1v) is 9.94. The summed E-state index contributed by atoms with van der Waals surface area (Å²) in [6.45, 7) is 1.94. The van der Waals surface area contributed by atoms with Crippen LogP contribution in [0.15, 0.2) is 60.9 Å². The molecule has 3 aromatic carbocycles. The van der Waals surface area contributed by atoms with E-state index in [0.717, 1.165) is 11.1 Å². The zero-order valence-corrected chi connectivity index (χ0v) is 18.0. The SMILES string of the molecule is COc1cc(C(=O)N(C)c2ccc(C)cc2N)ccc1NC(=O)c1cccc2[nH]cnc12. The predicted molar refractivity (Wildman–Crippen MR) is 125 cm³/mol. The third kappa shape index (κ3) is 3.85. The lowest BCUT2D eigenvalue weighted by Gasteiger charge is -2.20. The molecule has 0 atom stereocenters. The van der Waals surface area contributed by atoms with Crippen molar-refractivity contribution in [1.29, 1.82) is 0 Å². The van der Waals surface area contributed by atoms with Crippen LogP contribution in [0.2, 0.25) is 0 Å². The predicted octanol–water partition coefficient (Wildman–Crippen LogP) is 3.99. The molecule has 4 rings (SSSR count). The molecule has 4 N–H and O–H groups in total. The van der Waals surface area contributed by atoms with Gasteiger partial charge in [-0.2, -0.15) is 0 Å². The number of para-hydroxylation sites is 1. The molecule has 0 fully saturated rings. The van der Waals surface area contributed by atoms with Crippen molar-refractivity contribution in [3.63, 3.8) is 0 Å². The first-order valence-electron chi connectivity index (χ1n) is 9.94. The van der Waals surface area contributed by atoms with Crippen molar-refractivity contribution in [3.05, 3.63) is 77.6 Å². The molecule has 162 valence electrons. The van der Waals surface area contributed by atoms with Crippen LogP contribution in [0.5, 0.6) is 5.75 Å². The number of rotatable bonds is 5. The van der Waals surface area contributed by atoms with Crippen molar-refractivity contribution in [2.75, 3.05) is 30.1 Å². The number of benzene rings is 3. The van der Waals surface area contributed by atoms with Crippen LogP contribution in [0, 0.1) is 6.92 Å². The zero-order valence-electron chi connectivity index (χ0n) is 18.0. The highest BCUT2D eigenvalue weighted by atomic mass is 16.5. The molecule has 0 saturated carbocycles. The van der Waals surface area contributed by atoms with E-state index < -0.39 is 0 Å². The van der Waals surface area contributed by atoms with Gasteiger partial charge in [0.05, 0.1) is 41.6 Å². The average Bonchev–Trinajstić information content (AvgIpc) is 3.27. The summed E-state index contributed by atoms with van der Waals surface area (Å²) in [5, 5.41) is 2.84. The Morgan fingerprint density at radius 3 is 2.69 bits per heavy atom. The summed E-state index contributed by atoms with van der Waals surface area (Å²) < 4.78 is 5.44. The molecule has 0 aliphatic heterocycles. The van der Waals surface area contributed by atoms with Crippen LogP contribution in [0.25, 0.3) is 11.0 Å². The molecule has 8 nitrogen and oxygen atoms in total. The van der Waals surface area contributed by atoms with Crippen LogP contribution in [0.4, 0.5) is 17.1 Å². The average molecular weight is 429 g/mol. The van der Waals surface area contributed by atoms with Crippen molar-refractivity contribution in [2.24, 2.45) is 0 Å². The second-order valence-corrected chi connectivity index (χ2v) is 7.40. The Kier molecular flexibility index (Phi) is 5.51. The summed E-state index contributed by atoms with van der Waals surface area (Å²) >= 11 is 0. The second-order valence-electron chi connectivity index (χ2n) is 7.40. The molecule has 2 amide bonds. The Hall–Kier alpha value is -4.33. The van der Waals surface area contributed by atoms with Crippen molar-refractivity contribution >= 4 is 39.9 Å². The molecule has 4 aromatic rings. The number of anilines is 3. The van der Waals surface area contributed by atoms with Crippen molar-refractivity contribution in [2.45, 2.75) is 6.92 Å². The number of imidazole rings is 1. The minimum Gasteiger partial charge on any atom is -0.495 e. The number of nitrogen functional groups attached to an aromatic ring is 1. The number of nitrogens with two attached hydrogens (primary N) is 1. The monoisotopic (exact) mass is 429 g/mol. The van der Waals surface area contributed by atoms with Gasteiger partial charge in [-0.15, -0.1) is 0 Å². The van der Waals surface area contributed by atoms with Gasteiger partial charge in [0.1, 0.15) is 11.3 Å². The van der Waals surface area contributed by atoms with E-state index in [1.54, 1.807) is 43.7 Å². The summed E-state index contributed by atoms with van der Waals surface area (Å²) in [5.74, 6) is -0.216. The Bertz CT molecular complexity index is 1330. The van der Waals surface area contributed by atoms with Crippen LogP contribution >= 0.6 is 0 Å². The number of aromatic amines is 1. The molecule has 0 unspecified atom stereocenters. The van der Waals surface area contributed by atoms with E-state index in [9.17, 15) is 9.59 Å². The summed E-state index contributed by atoms with van der Waals surface area (Å²) in [4.78, 5) is 34.6. The number of methoxy groups -OCH3 is 1. The topological polar surface area (TPSA) is 113 Å². The summed E-state index contributed by atoms with van der Waals surface area (Å²) in [7, 11) is 3.14. The van der Waals surface area contributed by atoms with Crippen LogP contribution in [-0.4, -0.2) is 35.9 Å².